The summed E-state index contributed by atoms with van der Waals surface area (Å²) in [5.41, 5.74) is 1.18. The van der Waals surface area contributed by atoms with E-state index >= 15 is 0 Å². The molecule has 0 saturated carbocycles. The Morgan fingerprint density at radius 1 is 1.04 bits per heavy atom. The number of rotatable bonds is 3. The van der Waals surface area contributed by atoms with E-state index in [1.165, 1.54) is 6.42 Å². The second-order valence-corrected chi connectivity index (χ2v) is 10.0. The summed E-state index contributed by atoms with van der Waals surface area (Å²) in [6.07, 6.45) is 6.15. The molecule has 1 N–H and O–H groups in total. The molecule has 8 heteroatoms. The number of sulfonamides is 1. The molecule has 28 heavy (non-hydrogen) atoms. The summed E-state index contributed by atoms with van der Waals surface area (Å²) in [7, 11) is -3.54. The molecule has 3 heterocycles. The van der Waals surface area contributed by atoms with Crippen LogP contribution in [0.15, 0.2) is 23.1 Å². The second kappa shape index (κ2) is 8.69. The fourth-order valence-electron chi connectivity index (χ4n) is 4.57. The van der Waals surface area contributed by atoms with Crippen molar-refractivity contribution in [1.29, 1.82) is 0 Å². The summed E-state index contributed by atoms with van der Waals surface area (Å²) < 4.78 is 27.8. The Kier molecular flexibility index (Phi) is 6.69. The number of benzene rings is 1. The molecule has 0 aliphatic carbocycles. The largest absolute Gasteiger partial charge is 0.337 e. The summed E-state index contributed by atoms with van der Waals surface area (Å²) in [6.45, 7) is 4.38. The first-order valence-electron chi connectivity index (χ1n) is 10.1. The van der Waals surface area contributed by atoms with Crippen LogP contribution in [0.3, 0.4) is 0 Å². The molecule has 2 unspecified atom stereocenters. The van der Waals surface area contributed by atoms with Crippen molar-refractivity contribution in [3.05, 3.63) is 29.3 Å². The summed E-state index contributed by atoms with van der Waals surface area (Å²) in [5.74, 6) is -0.0561. The molecule has 3 aliphatic heterocycles. The predicted octanol–water partition coefficient (Wildman–Crippen LogP) is 2.56. The molecule has 0 spiro atoms. The number of aryl methyl sites for hydroxylation is 1. The molecule has 0 aromatic heterocycles. The molecular weight excluding hydrogens is 398 g/mol. The number of fused-ring (bicyclic) bond motifs is 2. The number of nitrogens with one attached hydrogen (secondary N) is 1. The van der Waals surface area contributed by atoms with Gasteiger partial charge in [0.15, 0.2) is 0 Å². The van der Waals surface area contributed by atoms with Crippen molar-refractivity contribution >= 4 is 28.3 Å². The van der Waals surface area contributed by atoms with Crippen LogP contribution in [-0.2, 0) is 10.0 Å². The first kappa shape index (κ1) is 21.6. The standard InChI is InChI=1S/C20H29N3O3S.ClH/c1-15-5-6-16(13-19(15)27(25,26)23-10-3-2-4-11-23)20(24)22-12-9-17-7-8-18(14-22)21-17;/h5-6,13,17-18,21H,2-4,7-12,14H2,1H3;1H. The molecule has 2 bridgehead atoms. The molecule has 4 rings (SSSR count). The van der Waals surface area contributed by atoms with Gasteiger partial charge in [0.1, 0.15) is 0 Å². The molecule has 156 valence electrons. The van der Waals surface area contributed by atoms with E-state index in [0.717, 1.165) is 38.6 Å². The van der Waals surface area contributed by atoms with Gasteiger partial charge in [0, 0.05) is 43.8 Å². The quantitative estimate of drug-likeness (QED) is 0.804. The van der Waals surface area contributed by atoms with Gasteiger partial charge in [-0.3, -0.25) is 4.79 Å². The van der Waals surface area contributed by atoms with E-state index in [1.807, 2.05) is 4.90 Å². The van der Waals surface area contributed by atoms with E-state index in [9.17, 15) is 13.2 Å². The van der Waals surface area contributed by atoms with Gasteiger partial charge in [-0.15, -0.1) is 12.4 Å². The topological polar surface area (TPSA) is 69.7 Å². The van der Waals surface area contributed by atoms with Crippen LogP contribution in [-0.4, -0.2) is 61.8 Å². The Bertz CT molecular complexity index is 824. The lowest BCUT2D eigenvalue weighted by molar-refractivity contribution is 0.0748. The zero-order valence-electron chi connectivity index (χ0n) is 16.4. The van der Waals surface area contributed by atoms with Gasteiger partial charge in [0.05, 0.1) is 4.90 Å². The average molecular weight is 428 g/mol. The molecule has 1 aromatic rings. The van der Waals surface area contributed by atoms with Gasteiger partial charge in [-0.05, 0) is 56.7 Å². The number of piperidine rings is 1. The normalized spacial score (nSPS) is 25.8. The maximum Gasteiger partial charge on any atom is 0.253 e. The molecule has 1 amide bonds. The fourth-order valence-corrected chi connectivity index (χ4v) is 6.33. The minimum atomic E-state index is -3.54. The Morgan fingerprint density at radius 2 is 1.75 bits per heavy atom. The Balaban J connectivity index is 0.00000225. The van der Waals surface area contributed by atoms with Crippen LogP contribution in [0.25, 0.3) is 0 Å². The highest BCUT2D eigenvalue weighted by Gasteiger charge is 2.32. The summed E-state index contributed by atoms with van der Waals surface area (Å²) >= 11 is 0. The Morgan fingerprint density at radius 3 is 2.50 bits per heavy atom. The Labute approximate surface area is 174 Å². The van der Waals surface area contributed by atoms with Crippen molar-refractivity contribution in [2.45, 2.75) is 62.4 Å². The van der Waals surface area contributed by atoms with E-state index in [1.54, 1.807) is 29.4 Å². The minimum Gasteiger partial charge on any atom is -0.337 e. The van der Waals surface area contributed by atoms with Crippen LogP contribution in [0.5, 0.6) is 0 Å². The molecular formula is C20H30ClN3O3S. The van der Waals surface area contributed by atoms with Gasteiger partial charge in [-0.2, -0.15) is 4.31 Å². The van der Waals surface area contributed by atoms with Crippen molar-refractivity contribution in [1.82, 2.24) is 14.5 Å². The van der Waals surface area contributed by atoms with E-state index in [4.69, 9.17) is 0 Å². The highest BCUT2D eigenvalue weighted by Crippen LogP contribution is 2.26. The predicted molar refractivity (Wildman–Crippen MR) is 112 cm³/mol. The fraction of sp³-hybridized carbons (Fsp3) is 0.650. The highest BCUT2D eigenvalue weighted by atomic mass is 35.5. The number of carbonyl (C=O) groups excluding carboxylic acids is 1. The van der Waals surface area contributed by atoms with Gasteiger partial charge in [-0.25, -0.2) is 8.42 Å². The van der Waals surface area contributed by atoms with E-state index < -0.39 is 10.0 Å². The lowest BCUT2D eigenvalue weighted by Crippen LogP contribution is -2.39. The number of halogens is 1. The van der Waals surface area contributed by atoms with Gasteiger partial charge in [-0.1, -0.05) is 12.5 Å². The van der Waals surface area contributed by atoms with Crippen molar-refractivity contribution in [3.8, 4) is 0 Å². The lowest BCUT2D eigenvalue weighted by atomic mass is 10.1. The zero-order valence-corrected chi connectivity index (χ0v) is 18.0. The average Bonchev–Trinajstić information content (AvgIpc) is 3.01. The number of hydrogen-bond donors (Lipinski definition) is 1. The summed E-state index contributed by atoms with van der Waals surface area (Å²) in [5, 5.41) is 3.58. The monoisotopic (exact) mass is 427 g/mol. The van der Waals surface area contributed by atoms with Crippen LogP contribution in [0.2, 0.25) is 0 Å². The van der Waals surface area contributed by atoms with Gasteiger partial charge in [0.25, 0.3) is 5.91 Å². The molecule has 1 aromatic carbocycles. The number of nitrogens with zero attached hydrogens (tertiary/aromatic N) is 2. The SMILES string of the molecule is Cc1ccc(C(=O)N2CCC3CCC(C2)N3)cc1S(=O)(=O)N1CCCCC1.Cl. The minimum absolute atomic E-state index is 0. The van der Waals surface area contributed by atoms with Crippen LogP contribution in [0, 0.1) is 6.92 Å². The van der Waals surface area contributed by atoms with E-state index in [2.05, 4.69) is 5.32 Å². The Hall–Kier alpha value is -1.15. The molecule has 3 saturated heterocycles. The smallest absolute Gasteiger partial charge is 0.253 e. The van der Waals surface area contributed by atoms with Crippen LogP contribution < -0.4 is 5.32 Å². The van der Waals surface area contributed by atoms with E-state index in [-0.39, 0.29) is 23.2 Å². The van der Waals surface area contributed by atoms with E-state index in [0.29, 0.717) is 42.8 Å². The van der Waals surface area contributed by atoms with Gasteiger partial charge < -0.3 is 10.2 Å². The van der Waals surface area contributed by atoms with Crippen molar-refractivity contribution < 1.29 is 13.2 Å². The third-order valence-electron chi connectivity index (χ3n) is 6.18. The first-order valence-corrected chi connectivity index (χ1v) is 11.6. The number of carbonyl (C=O) groups is 1. The molecule has 3 aliphatic rings. The number of likely N-dealkylation sites (tertiary alicyclic amines) is 1. The lowest BCUT2D eigenvalue weighted by Gasteiger charge is -2.27. The number of amides is 1. The maximum atomic E-state index is 13.1. The zero-order chi connectivity index (χ0) is 19.0. The second-order valence-electron chi connectivity index (χ2n) is 8.12. The highest BCUT2D eigenvalue weighted by molar-refractivity contribution is 7.89. The van der Waals surface area contributed by atoms with Crippen LogP contribution in [0.4, 0.5) is 0 Å². The van der Waals surface area contributed by atoms with Crippen molar-refractivity contribution in [2.75, 3.05) is 26.2 Å². The third-order valence-corrected chi connectivity index (χ3v) is 8.22. The van der Waals surface area contributed by atoms with Crippen molar-refractivity contribution in [3.63, 3.8) is 0 Å². The van der Waals surface area contributed by atoms with Crippen molar-refractivity contribution in [2.24, 2.45) is 0 Å². The van der Waals surface area contributed by atoms with Crippen LogP contribution in [0.1, 0.15) is 54.4 Å². The van der Waals surface area contributed by atoms with Crippen LogP contribution >= 0.6 is 12.4 Å². The number of hydrogen-bond acceptors (Lipinski definition) is 4. The third kappa shape index (κ3) is 4.22. The summed E-state index contributed by atoms with van der Waals surface area (Å²) in [6, 6.07) is 6.01. The maximum absolute atomic E-state index is 13.1. The molecule has 3 fully saturated rings. The van der Waals surface area contributed by atoms with Gasteiger partial charge >= 0.3 is 0 Å². The first-order chi connectivity index (χ1) is 12.9. The molecule has 0 radical (unpaired) electrons. The molecule has 2 atom stereocenters. The molecule has 6 nitrogen and oxygen atoms in total. The van der Waals surface area contributed by atoms with Gasteiger partial charge in [0.2, 0.25) is 10.0 Å². The summed E-state index contributed by atoms with van der Waals surface area (Å²) in [4.78, 5) is 15.3.